The van der Waals surface area contributed by atoms with Crippen LogP contribution in [0.2, 0.25) is 0 Å². The maximum absolute atomic E-state index is 10.2. The summed E-state index contributed by atoms with van der Waals surface area (Å²) in [6.07, 6.45) is 12.1. The van der Waals surface area contributed by atoms with Gasteiger partial charge >= 0.3 is 0 Å². The maximum Gasteiger partial charge on any atom is 0.0601 e. The molecule has 3 atom stereocenters. The molecular weight excluding hydrogens is 160 g/mol. The molecule has 0 aromatic heterocycles. The van der Waals surface area contributed by atoms with Gasteiger partial charge in [0.15, 0.2) is 0 Å². The lowest BCUT2D eigenvalue weighted by Crippen LogP contribution is -2.53. The predicted octanol–water partition coefficient (Wildman–Crippen LogP) is 2.87. The van der Waals surface area contributed by atoms with Crippen molar-refractivity contribution in [2.45, 2.75) is 63.9 Å². The Hall–Kier alpha value is -0.0400. The van der Waals surface area contributed by atoms with Gasteiger partial charge in [0.25, 0.3) is 0 Å². The Labute approximate surface area is 80.5 Å². The zero-order valence-electron chi connectivity index (χ0n) is 8.39. The van der Waals surface area contributed by atoms with Crippen molar-refractivity contribution in [3.05, 3.63) is 0 Å². The first-order chi connectivity index (χ1) is 6.29. The molecule has 74 valence electrons. The summed E-state index contributed by atoms with van der Waals surface area (Å²) >= 11 is 0. The highest BCUT2D eigenvalue weighted by Gasteiger charge is 2.64. The van der Waals surface area contributed by atoms with Crippen LogP contribution in [0.1, 0.15) is 57.8 Å². The zero-order chi connectivity index (χ0) is 8.94. The highest BCUT2D eigenvalue weighted by molar-refractivity contribution is 5.14. The van der Waals surface area contributed by atoms with Crippen LogP contribution in [0.25, 0.3) is 0 Å². The van der Waals surface area contributed by atoms with E-state index in [4.69, 9.17) is 0 Å². The Balaban J connectivity index is 1.97. The van der Waals surface area contributed by atoms with Gasteiger partial charge in [-0.2, -0.15) is 0 Å². The van der Waals surface area contributed by atoms with Crippen molar-refractivity contribution >= 4 is 0 Å². The predicted molar refractivity (Wildman–Crippen MR) is 52.4 cm³/mol. The SMILES string of the molecule is O[C@@H]1CCCC[C@@]23CCC[C@@]12CC3. The average molecular weight is 180 g/mol. The van der Waals surface area contributed by atoms with Crippen molar-refractivity contribution in [2.75, 3.05) is 0 Å². The molecule has 13 heavy (non-hydrogen) atoms. The fourth-order valence-electron chi connectivity index (χ4n) is 4.57. The third-order valence-electron chi connectivity index (χ3n) is 5.40. The zero-order valence-corrected chi connectivity index (χ0v) is 8.39. The Kier molecular flexibility index (Phi) is 1.59. The Bertz CT molecular complexity index is 225. The summed E-state index contributed by atoms with van der Waals surface area (Å²) in [6, 6.07) is 0. The summed E-state index contributed by atoms with van der Waals surface area (Å²) in [4.78, 5) is 0. The van der Waals surface area contributed by atoms with Crippen molar-refractivity contribution < 1.29 is 5.11 Å². The van der Waals surface area contributed by atoms with Crippen molar-refractivity contribution in [2.24, 2.45) is 10.8 Å². The van der Waals surface area contributed by atoms with Gasteiger partial charge in [0.1, 0.15) is 0 Å². The highest BCUT2D eigenvalue weighted by atomic mass is 16.3. The molecule has 0 heterocycles. The quantitative estimate of drug-likeness (QED) is 0.607. The second-order valence-corrected chi connectivity index (χ2v) is 5.55. The van der Waals surface area contributed by atoms with E-state index in [1.807, 2.05) is 0 Å². The average Bonchev–Trinajstić information content (AvgIpc) is 2.32. The van der Waals surface area contributed by atoms with Crippen LogP contribution < -0.4 is 0 Å². The van der Waals surface area contributed by atoms with Gasteiger partial charge in [-0.3, -0.25) is 0 Å². The standard InChI is InChI=1S/C12H20O/c13-10-4-1-2-5-11-6-3-7-12(10,11)9-8-11/h10,13H,1-9H2/t10-,11+,12-/m1/s1. The minimum Gasteiger partial charge on any atom is -0.393 e. The fourth-order valence-corrected chi connectivity index (χ4v) is 4.57. The molecule has 0 aromatic rings. The van der Waals surface area contributed by atoms with Crippen LogP contribution in [0.3, 0.4) is 0 Å². The summed E-state index contributed by atoms with van der Waals surface area (Å²) in [6.45, 7) is 0. The lowest BCUT2D eigenvalue weighted by Gasteiger charge is -2.57. The summed E-state index contributed by atoms with van der Waals surface area (Å²) in [7, 11) is 0. The van der Waals surface area contributed by atoms with E-state index < -0.39 is 0 Å². The lowest BCUT2D eigenvalue weighted by molar-refractivity contribution is -0.134. The van der Waals surface area contributed by atoms with Crippen LogP contribution in [0.5, 0.6) is 0 Å². The minimum absolute atomic E-state index is 0.0475. The van der Waals surface area contributed by atoms with E-state index in [0.717, 1.165) is 6.42 Å². The molecule has 0 bridgehead atoms. The van der Waals surface area contributed by atoms with Gasteiger partial charge < -0.3 is 5.11 Å². The lowest BCUT2D eigenvalue weighted by atomic mass is 9.48. The summed E-state index contributed by atoms with van der Waals surface area (Å²) in [5, 5.41) is 10.2. The van der Waals surface area contributed by atoms with Crippen molar-refractivity contribution in [1.29, 1.82) is 0 Å². The van der Waals surface area contributed by atoms with Crippen molar-refractivity contribution in [1.82, 2.24) is 0 Å². The van der Waals surface area contributed by atoms with Crippen LogP contribution in [0, 0.1) is 10.8 Å². The Morgan fingerprint density at radius 1 is 0.846 bits per heavy atom. The van der Waals surface area contributed by atoms with Crippen LogP contribution in [0.4, 0.5) is 0 Å². The largest absolute Gasteiger partial charge is 0.393 e. The molecule has 3 fully saturated rings. The van der Waals surface area contributed by atoms with Gasteiger partial charge in [0, 0.05) is 5.41 Å². The first-order valence-corrected chi connectivity index (χ1v) is 5.97. The number of aliphatic hydroxyl groups is 1. The second kappa shape index (κ2) is 2.50. The molecule has 1 nitrogen and oxygen atoms in total. The molecule has 0 unspecified atom stereocenters. The summed E-state index contributed by atoms with van der Waals surface area (Å²) in [5.41, 5.74) is 1.02. The van der Waals surface area contributed by atoms with E-state index in [1.165, 1.54) is 51.4 Å². The molecule has 1 heteroatoms. The monoisotopic (exact) mass is 180 g/mol. The van der Waals surface area contributed by atoms with Crippen molar-refractivity contribution in [3.8, 4) is 0 Å². The van der Waals surface area contributed by atoms with Crippen LogP contribution in [-0.4, -0.2) is 11.2 Å². The van der Waals surface area contributed by atoms with E-state index in [9.17, 15) is 5.11 Å². The topological polar surface area (TPSA) is 20.2 Å². The number of hydrogen-bond donors (Lipinski definition) is 1. The second-order valence-electron chi connectivity index (χ2n) is 5.55. The third-order valence-corrected chi connectivity index (χ3v) is 5.40. The van der Waals surface area contributed by atoms with Crippen LogP contribution >= 0.6 is 0 Å². The molecule has 0 aliphatic heterocycles. The van der Waals surface area contributed by atoms with Crippen LogP contribution in [-0.2, 0) is 0 Å². The molecule has 3 aliphatic rings. The first kappa shape index (κ1) is 8.28. The Morgan fingerprint density at radius 2 is 1.69 bits per heavy atom. The van der Waals surface area contributed by atoms with Gasteiger partial charge in [0.05, 0.1) is 6.10 Å². The van der Waals surface area contributed by atoms with E-state index in [0.29, 0.717) is 10.8 Å². The molecule has 0 amide bonds. The Morgan fingerprint density at radius 3 is 2.46 bits per heavy atom. The summed E-state index contributed by atoms with van der Waals surface area (Å²) in [5.74, 6) is 0. The fraction of sp³-hybridized carbons (Fsp3) is 1.00. The highest BCUT2D eigenvalue weighted by Crippen LogP contribution is 2.71. The smallest absolute Gasteiger partial charge is 0.0601 e. The third kappa shape index (κ3) is 0.823. The maximum atomic E-state index is 10.2. The van der Waals surface area contributed by atoms with E-state index in [-0.39, 0.29) is 6.10 Å². The first-order valence-electron chi connectivity index (χ1n) is 5.97. The van der Waals surface area contributed by atoms with Gasteiger partial charge in [-0.25, -0.2) is 0 Å². The summed E-state index contributed by atoms with van der Waals surface area (Å²) < 4.78 is 0. The van der Waals surface area contributed by atoms with E-state index in [2.05, 4.69) is 0 Å². The van der Waals surface area contributed by atoms with E-state index in [1.54, 1.807) is 0 Å². The normalized spacial score (nSPS) is 54.7. The van der Waals surface area contributed by atoms with Crippen LogP contribution in [0.15, 0.2) is 0 Å². The number of rotatable bonds is 0. The van der Waals surface area contributed by atoms with E-state index >= 15 is 0 Å². The molecule has 0 saturated heterocycles. The molecule has 0 radical (unpaired) electrons. The molecule has 3 rings (SSSR count). The molecular formula is C12H20O. The molecule has 1 N–H and O–H groups in total. The minimum atomic E-state index is 0.0475. The molecule has 0 aromatic carbocycles. The van der Waals surface area contributed by atoms with Crippen molar-refractivity contribution in [3.63, 3.8) is 0 Å². The van der Waals surface area contributed by atoms with Gasteiger partial charge in [-0.15, -0.1) is 0 Å². The molecule has 3 saturated carbocycles. The molecule has 0 spiro atoms. The van der Waals surface area contributed by atoms with Gasteiger partial charge in [-0.05, 0) is 43.9 Å². The van der Waals surface area contributed by atoms with Gasteiger partial charge in [-0.1, -0.05) is 19.3 Å². The van der Waals surface area contributed by atoms with Gasteiger partial charge in [0.2, 0.25) is 0 Å². The number of aliphatic hydroxyl groups excluding tert-OH is 1. The number of hydrogen-bond acceptors (Lipinski definition) is 1. The molecule has 3 aliphatic carbocycles.